The summed E-state index contributed by atoms with van der Waals surface area (Å²) < 4.78 is 2.32. The van der Waals surface area contributed by atoms with Gasteiger partial charge in [-0.3, -0.25) is 0 Å². The molecule has 2 heterocycles. The molecule has 218 valence electrons. The Bertz CT molecular complexity index is 2130. The Kier molecular flexibility index (Phi) is 8.45. The van der Waals surface area contributed by atoms with E-state index in [4.69, 9.17) is 9.97 Å². The number of rotatable bonds is 2. The third-order valence-electron chi connectivity index (χ3n) is 8.27. The summed E-state index contributed by atoms with van der Waals surface area (Å²) in [5, 5.41) is 26.7. The number of phenolic OH excluding ortho intramolecular Hbond substituents is 2. The van der Waals surface area contributed by atoms with Crippen LogP contribution in [0.4, 0.5) is 0 Å². The first-order valence-corrected chi connectivity index (χ1v) is 16.1. The van der Waals surface area contributed by atoms with Gasteiger partial charge >= 0.3 is 0 Å². The Hall–Kier alpha value is -4.16. The molecule has 0 saturated heterocycles. The average Bonchev–Trinajstić information content (AvgIpc) is 3.62. The van der Waals surface area contributed by atoms with Gasteiger partial charge < -0.3 is 10.2 Å². The molecule has 0 fully saturated rings. The number of aryl methyl sites for hydroxylation is 4. The Morgan fingerprint density at radius 2 is 0.867 bits per heavy atom. The van der Waals surface area contributed by atoms with E-state index in [1.807, 2.05) is 72.8 Å². The molecule has 0 saturated carbocycles. The molecule has 8 rings (SSSR count). The number of aromatic nitrogens is 2. The van der Waals surface area contributed by atoms with Gasteiger partial charge in [0, 0.05) is 30.3 Å². The molecule has 0 amide bonds. The van der Waals surface area contributed by atoms with Crippen molar-refractivity contribution in [3.8, 4) is 32.6 Å². The molecule has 8 aromatic rings. The molecule has 6 aromatic carbocycles. The van der Waals surface area contributed by atoms with E-state index in [0.717, 1.165) is 63.1 Å². The van der Waals surface area contributed by atoms with Crippen molar-refractivity contribution < 1.29 is 29.7 Å². The van der Waals surface area contributed by atoms with Crippen molar-refractivity contribution in [1.82, 2.24) is 9.97 Å². The summed E-state index contributed by atoms with van der Waals surface area (Å²) in [5.74, 6) is 0.621. The molecule has 0 spiro atoms. The Morgan fingerprint density at radius 3 is 1.29 bits per heavy atom. The van der Waals surface area contributed by atoms with Crippen LogP contribution in [0.1, 0.15) is 22.3 Å². The van der Waals surface area contributed by atoms with Crippen molar-refractivity contribution in [2.45, 2.75) is 27.7 Å². The van der Waals surface area contributed by atoms with Crippen LogP contribution in [0.3, 0.4) is 0 Å². The number of benzene rings is 6. The van der Waals surface area contributed by atoms with Crippen LogP contribution in [-0.2, 0) is 19.5 Å². The predicted molar refractivity (Wildman–Crippen MR) is 187 cm³/mol. The molecule has 0 aliphatic heterocycles. The molecular weight excluding hydrogens is 646 g/mol. The first-order valence-electron chi connectivity index (χ1n) is 14.4. The van der Waals surface area contributed by atoms with Crippen LogP contribution in [0.2, 0.25) is 0 Å². The molecule has 0 aliphatic carbocycles. The van der Waals surface area contributed by atoms with E-state index >= 15 is 0 Å². The van der Waals surface area contributed by atoms with Gasteiger partial charge in [0.25, 0.3) is 0 Å². The third-order valence-corrected chi connectivity index (χ3v) is 10.4. The zero-order valence-corrected chi connectivity index (χ0v) is 30.2. The van der Waals surface area contributed by atoms with Gasteiger partial charge in [-0.2, -0.15) is 0 Å². The molecule has 0 unspecified atom stereocenters. The van der Waals surface area contributed by atoms with Gasteiger partial charge in [0.2, 0.25) is 0 Å². The summed E-state index contributed by atoms with van der Waals surface area (Å²) in [5.41, 5.74) is 8.62. The molecule has 0 aliphatic rings. The zero-order chi connectivity index (χ0) is 30.5. The molecule has 2 aromatic heterocycles. The van der Waals surface area contributed by atoms with E-state index in [1.54, 1.807) is 22.7 Å². The van der Waals surface area contributed by atoms with E-state index in [0.29, 0.717) is 11.5 Å². The summed E-state index contributed by atoms with van der Waals surface area (Å²) in [6.45, 7) is 8.42. The second-order valence-corrected chi connectivity index (χ2v) is 13.3. The minimum absolute atomic E-state index is 0. The summed E-state index contributed by atoms with van der Waals surface area (Å²) in [4.78, 5) is 9.42. The van der Waals surface area contributed by atoms with E-state index in [2.05, 4.69) is 52.0 Å². The fraction of sp³-hybridized carbons (Fsp3) is 0.105. The van der Waals surface area contributed by atoms with E-state index in [9.17, 15) is 10.2 Å². The van der Waals surface area contributed by atoms with Crippen molar-refractivity contribution >= 4 is 64.7 Å². The van der Waals surface area contributed by atoms with Crippen LogP contribution in [0.25, 0.3) is 63.1 Å². The maximum atomic E-state index is 10.6. The molecule has 45 heavy (non-hydrogen) atoms. The summed E-state index contributed by atoms with van der Waals surface area (Å²) >= 11 is 3.25. The largest absolute Gasteiger partial charge is 0.507 e. The zero-order valence-electron chi connectivity index (χ0n) is 25.6. The quantitative estimate of drug-likeness (QED) is 0.179. The van der Waals surface area contributed by atoms with Crippen molar-refractivity contribution in [1.29, 1.82) is 0 Å². The van der Waals surface area contributed by atoms with Crippen molar-refractivity contribution in [2.24, 2.45) is 0 Å². The van der Waals surface area contributed by atoms with Gasteiger partial charge in [-0.25, -0.2) is 9.97 Å². The van der Waals surface area contributed by atoms with Gasteiger partial charge in [0.15, 0.2) is 0 Å². The Balaban J connectivity index is 0.000000155. The summed E-state index contributed by atoms with van der Waals surface area (Å²) in [6.07, 6.45) is 0. The second kappa shape index (κ2) is 12.3. The first-order chi connectivity index (χ1) is 21.3. The maximum Gasteiger partial charge on any atom is 0.133 e. The second-order valence-electron chi connectivity index (χ2n) is 11.2. The third kappa shape index (κ3) is 5.72. The molecule has 7 heteroatoms. The fourth-order valence-electron chi connectivity index (χ4n) is 5.45. The first kappa shape index (κ1) is 30.9. The van der Waals surface area contributed by atoms with E-state index in [1.165, 1.54) is 22.3 Å². The molecular formula is C38H30N2O2S2Zn. The average molecular weight is 676 g/mol. The predicted octanol–water partition coefficient (Wildman–Crippen LogP) is 10.9. The van der Waals surface area contributed by atoms with Crippen LogP contribution in [0.5, 0.6) is 11.5 Å². The SMILES string of the molecule is Cc1cc2nc(-c3ccc4ccccc4c3O)sc2cc1C.Cc1cc2nc(-c3ccc4ccccc4c3O)sc2cc1C.[Zn]. The van der Waals surface area contributed by atoms with Crippen LogP contribution in [0, 0.1) is 27.7 Å². The van der Waals surface area contributed by atoms with Crippen molar-refractivity contribution in [2.75, 3.05) is 0 Å². The number of thiazole rings is 2. The number of fused-ring (bicyclic) bond motifs is 4. The smallest absolute Gasteiger partial charge is 0.133 e. The number of nitrogens with zero attached hydrogens (tertiary/aromatic N) is 2. The fourth-order valence-corrected chi connectivity index (χ4v) is 7.59. The molecule has 2 N–H and O–H groups in total. The maximum absolute atomic E-state index is 10.6. The van der Waals surface area contributed by atoms with Crippen LogP contribution < -0.4 is 0 Å². The van der Waals surface area contributed by atoms with Crippen LogP contribution in [-0.4, -0.2) is 20.2 Å². The monoisotopic (exact) mass is 674 g/mol. The molecule has 4 nitrogen and oxygen atoms in total. The number of aromatic hydroxyl groups is 2. The van der Waals surface area contributed by atoms with Gasteiger partial charge in [0.1, 0.15) is 21.5 Å². The summed E-state index contributed by atoms with van der Waals surface area (Å²) in [7, 11) is 0. The molecule has 0 atom stereocenters. The van der Waals surface area contributed by atoms with Crippen LogP contribution in [0.15, 0.2) is 97.1 Å². The minimum atomic E-state index is 0. The minimum Gasteiger partial charge on any atom is -0.507 e. The van der Waals surface area contributed by atoms with Crippen LogP contribution >= 0.6 is 22.7 Å². The Labute approximate surface area is 282 Å². The summed E-state index contributed by atoms with van der Waals surface area (Å²) in [6, 6.07) is 32.3. The van der Waals surface area contributed by atoms with Crippen molar-refractivity contribution in [3.63, 3.8) is 0 Å². The Morgan fingerprint density at radius 1 is 0.489 bits per heavy atom. The number of hydrogen-bond acceptors (Lipinski definition) is 6. The number of hydrogen-bond donors (Lipinski definition) is 2. The van der Waals surface area contributed by atoms with E-state index in [-0.39, 0.29) is 19.5 Å². The van der Waals surface area contributed by atoms with Crippen molar-refractivity contribution in [3.05, 3.63) is 119 Å². The van der Waals surface area contributed by atoms with Gasteiger partial charge in [-0.15, -0.1) is 22.7 Å². The van der Waals surface area contributed by atoms with Gasteiger partial charge in [-0.05, 0) is 97.1 Å². The normalized spacial score (nSPS) is 11.1. The van der Waals surface area contributed by atoms with Gasteiger partial charge in [0.05, 0.1) is 31.6 Å². The topological polar surface area (TPSA) is 66.2 Å². The van der Waals surface area contributed by atoms with Gasteiger partial charge in [-0.1, -0.05) is 60.7 Å². The van der Waals surface area contributed by atoms with E-state index < -0.39 is 0 Å². The standard InChI is InChI=1S/2C19H15NOS.Zn/c2*1-11-9-16-17(10-12(11)2)22-19(20-16)15-8-7-13-5-3-4-6-14(13)18(15)21;/h2*3-10,21H,1-2H3;. The molecule has 0 radical (unpaired) electrons. The molecule has 0 bridgehead atoms. The number of phenols is 2.